The first-order valence-electron chi connectivity index (χ1n) is 5.86. The molecule has 0 saturated heterocycles. The maximum atomic E-state index is 5.88. The zero-order chi connectivity index (χ0) is 13.7. The molecule has 0 amide bonds. The lowest BCUT2D eigenvalue weighted by atomic mass is 10.4. The quantitative estimate of drug-likeness (QED) is 0.608. The van der Waals surface area contributed by atoms with Gasteiger partial charge in [0.15, 0.2) is 11.5 Å². The lowest BCUT2D eigenvalue weighted by Gasteiger charge is -2.09. The van der Waals surface area contributed by atoms with Gasteiger partial charge in [0, 0.05) is 27.3 Å². The molecule has 0 radical (unpaired) electrons. The number of hydrogen-bond acceptors (Lipinski definition) is 6. The van der Waals surface area contributed by atoms with Gasteiger partial charge in [-0.15, -0.1) is 0 Å². The minimum absolute atomic E-state index is 0.171. The van der Waals surface area contributed by atoms with Gasteiger partial charge in [0.25, 0.3) is 0 Å². The van der Waals surface area contributed by atoms with Gasteiger partial charge >= 0.3 is 0 Å². The van der Waals surface area contributed by atoms with E-state index >= 15 is 0 Å². The van der Waals surface area contributed by atoms with Crippen molar-refractivity contribution < 1.29 is 9.47 Å². The van der Waals surface area contributed by atoms with Gasteiger partial charge in [-0.05, 0) is 11.6 Å². The number of hydrogen-bond donors (Lipinski definition) is 1. The zero-order valence-electron chi connectivity index (χ0n) is 10.9. The lowest BCUT2D eigenvalue weighted by molar-refractivity contribution is 0.188. The van der Waals surface area contributed by atoms with E-state index < -0.39 is 0 Å². The summed E-state index contributed by atoms with van der Waals surface area (Å²) >= 11 is 5.88. The van der Waals surface area contributed by atoms with E-state index in [9.17, 15) is 0 Å². The highest BCUT2D eigenvalue weighted by molar-refractivity contribution is 6.28. The third-order valence-electron chi connectivity index (χ3n) is 2.58. The molecule has 0 atom stereocenters. The molecule has 2 aromatic heterocycles. The molecule has 0 aliphatic rings. The highest BCUT2D eigenvalue weighted by atomic mass is 35.5. The van der Waals surface area contributed by atoms with Crippen LogP contribution < -0.4 is 5.32 Å². The van der Waals surface area contributed by atoms with Crippen molar-refractivity contribution in [3.63, 3.8) is 0 Å². The van der Waals surface area contributed by atoms with Crippen LogP contribution >= 0.6 is 11.6 Å². The molecule has 0 saturated carbocycles. The number of aromatic nitrogens is 4. The number of nitrogens with one attached hydrogen (secondary N) is 1. The molecular formula is C11H16ClN5O2. The number of imidazole rings is 1. The van der Waals surface area contributed by atoms with Gasteiger partial charge in [-0.25, -0.2) is 4.98 Å². The van der Waals surface area contributed by atoms with E-state index in [4.69, 9.17) is 21.1 Å². The van der Waals surface area contributed by atoms with Crippen molar-refractivity contribution in [2.45, 2.75) is 6.54 Å². The van der Waals surface area contributed by atoms with Gasteiger partial charge < -0.3 is 19.4 Å². The van der Waals surface area contributed by atoms with Crippen LogP contribution in [-0.4, -0.2) is 53.5 Å². The largest absolute Gasteiger partial charge is 0.383 e. The van der Waals surface area contributed by atoms with Gasteiger partial charge in [0.05, 0.1) is 19.5 Å². The van der Waals surface area contributed by atoms with Crippen molar-refractivity contribution in [1.29, 1.82) is 0 Å². The Bertz CT molecular complexity index is 545. The van der Waals surface area contributed by atoms with Crippen molar-refractivity contribution in [3.05, 3.63) is 11.6 Å². The molecule has 0 bridgehead atoms. The number of anilines is 1. The summed E-state index contributed by atoms with van der Waals surface area (Å²) in [6.07, 6.45) is 1.70. The SMILES string of the molecule is COCCNc1nc(Cl)nc2ncn(CCOC)c12. The summed E-state index contributed by atoms with van der Waals surface area (Å²) in [7, 11) is 3.30. The van der Waals surface area contributed by atoms with Crippen LogP contribution in [0.25, 0.3) is 11.2 Å². The summed E-state index contributed by atoms with van der Waals surface area (Å²) in [5, 5.41) is 3.34. The minimum atomic E-state index is 0.171. The van der Waals surface area contributed by atoms with Crippen molar-refractivity contribution in [2.24, 2.45) is 0 Å². The van der Waals surface area contributed by atoms with Crippen LogP contribution in [-0.2, 0) is 16.0 Å². The normalized spacial score (nSPS) is 11.1. The molecular weight excluding hydrogens is 270 g/mol. The number of ether oxygens (including phenoxy) is 2. The molecule has 1 N–H and O–H groups in total. The number of halogens is 1. The maximum Gasteiger partial charge on any atom is 0.226 e. The van der Waals surface area contributed by atoms with Crippen molar-refractivity contribution in [1.82, 2.24) is 19.5 Å². The van der Waals surface area contributed by atoms with Gasteiger partial charge in [0.2, 0.25) is 5.28 Å². The Labute approximate surface area is 115 Å². The van der Waals surface area contributed by atoms with Crippen molar-refractivity contribution >= 4 is 28.6 Å². The van der Waals surface area contributed by atoms with Gasteiger partial charge in [0.1, 0.15) is 5.52 Å². The molecule has 2 aromatic rings. The fourth-order valence-corrected chi connectivity index (χ4v) is 1.87. The second kappa shape index (κ2) is 6.65. The van der Waals surface area contributed by atoms with E-state index in [1.165, 1.54) is 0 Å². The topological polar surface area (TPSA) is 74.1 Å². The van der Waals surface area contributed by atoms with Crippen LogP contribution in [0.3, 0.4) is 0 Å². The van der Waals surface area contributed by atoms with Crippen LogP contribution in [0.5, 0.6) is 0 Å². The monoisotopic (exact) mass is 285 g/mol. The fourth-order valence-electron chi connectivity index (χ4n) is 1.71. The second-order valence-electron chi connectivity index (χ2n) is 3.86. The highest BCUT2D eigenvalue weighted by Gasteiger charge is 2.12. The Kier molecular flexibility index (Phi) is 4.89. The minimum Gasteiger partial charge on any atom is -0.383 e. The van der Waals surface area contributed by atoms with E-state index in [2.05, 4.69) is 20.3 Å². The second-order valence-corrected chi connectivity index (χ2v) is 4.20. The Morgan fingerprint density at radius 3 is 2.79 bits per heavy atom. The Hall–Kier alpha value is -1.44. The smallest absolute Gasteiger partial charge is 0.226 e. The number of methoxy groups -OCH3 is 2. The molecule has 0 aliphatic heterocycles. The molecule has 7 nitrogen and oxygen atoms in total. The zero-order valence-corrected chi connectivity index (χ0v) is 11.6. The molecule has 8 heteroatoms. The van der Waals surface area contributed by atoms with Gasteiger partial charge in [-0.2, -0.15) is 9.97 Å². The summed E-state index contributed by atoms with van der Waals surface area (Å²) in [6.45, 7) is 2.48. The molecule has 19 heavy (non-hydrogen) atoms. The number of rotatable bonds is 7. The average molecular weight is 286 g/mol. The van der Waals surface area contributed by atoms with Gasteiger partial charge in [-0.3, -0.25) is 0 Å². The van der Waals surface area contributed by atoms with Crippen LogP contribution in [0.4, 0.5) is 5.82 Å². The summed E-state index contributed by atoms with van der Waals surface area (Å²) < 4.78 is 12.0. The predicted molar refractivity (Wildman–Crippen MR) is 72.6 cm³/mol. The van der Waals surface area contributed by atoms with Crippen molar-refractivity contribution in [3.8, 4) is 0 Å². The van der Waals surface area contributed by atoms with E-state index in [-0.39, 0.29) is 5.28 Å². The molecule has 0 aromatic carbocycles. The van der Waals surface area contributed by atoms with Crippen LogP contribution in [0.1, 0.15) is 0 Å². The summed E-state index contributed by atoms with van der Waals surface area (Å²) in [5.74, 6) is 0.653. The van der Waals surface area contributed by atoms with Crippen LogP contribution in [0, 0.1) is 0 Å². The maximum absolute atomic E-state index is 5.88. The first-order chi connectivity index (χ1) is 9.26. The molecule has 0 fully saturated rings. The Morgan fingerprint density at radius 2 is 2.05 bits per heavy atom. The van der Waals surface area contributed by atoms with E-state index in [0.29, 0.717) is 37.8 Å². The summed E-state index contributed by atoms with van der Waals surface area (Å²) in [6, 6.07) is 0. The summed E-state index contributed by atoms with van der Waals surface area (Å²) in [4.78, 5) is 12.5. The standard InChI is InChI=1S/C11H16ClN5O2/c1-18-5-3-13-9-8-10(16-11(12)15-9)14-7-17(8)4-6-19-2/h7H,3-6H2,1-2H3,(H,13,15,16). The fraction of sp³-hybridized carbons (Fsp3) is 0.545. The number of fused-ring (bicyclic) bond motifs is 1. The molecule has 0 aliphatic carbocycles. The third-order valence-corrected chi connectivity index (χ3v) is 2.75. The summed E-state index contributed by atoms with van der Waals surface area (Å²) in [5.41, 5.74) is 1.38. The Morgan fingerprint density at radius 1 is 1.26 bits per heavy atom. The molecule has 2 heterocycles. The molecule has 2 rings (SSSR count). The van der Waals surface area contributed by atoms with Crippen molar-refractivity contribution in [2.75, 3.05) is 39.3 Å². The van der Waals surface area contributed by atoms with Crippen LogP contribution in [0.15, 0.2) is 6.33 Å². The van der Waals surface area contributed by atoms with Gasteiger partial charge in [-0.1, -0.05) is 0 Å². The average Bonchev–Trinajstić information content (AvgIpc) is 2.79. The Balaban J connectivity index is 2.32. The third kappa shape index (κ3) is 3.31. The molecule has 0 spiro atoms. The first-order valence-corrected chi connectivity index (χ1v) is 6.24. The number of nitrogens with zero attached hydrogens (tertiary/aromatic N) is 4. The van der Waals surface area contributed by atoms with E-state index in [1.807, 2.05) is 4.57 Å². The highest BCUT2D eigenvalue weighted by Crippen LogP contribution is 2.21. The first kappa shape index (κ1) is 14.0. The van der Waals surface area contributed by atoms with E-state index in [0.717, 1.165) is 5.52 Å². The predicted octanol–water partition coefficient (Wildman–Crippen LogP) is 1.18. The molecule has 104 valence electrons. The van der Waals surface area contributed by atoms with Crippen LogP contribution in [0.2, 0.25) is 5.28 Å². The van der Waals surface area contributed by atoms with E-state index in [1.54, 1.807) is 20.5 Å². The molecule has 0 unspecified atom stereocenters. The lowest BCUT2D eigenvalue weighted by Crippen LogP contribution is -2.11.